The first kappa shape index (κ1) is 14.7. The Labute approximate surface area is 120 Å². The monoisotopic (exact) mass is 271 g/mol. The number of aryl methyl sites for hydroxylation is 2. The van der Waals surface area contributed by atoms with Gasteiger partial charge in [0.15, 0.2) is 0 Å². The van der Waals surface area contributed by atoms with E-state index in [9.17, 15) is 4.39 Å². The van der Waals surface area contributed by atoms with E-state index in [2.05, 4.69) is 32.0 Å². The van der Waals surface area contributed by atoms with Crippen molar-refractivity contribution in [2.75, 3.05) is 6.54 Å². The Hall–Kier alpha value is -1.67. The number of benzene rings is 2. The van der Waals surface area contributed by atoms with Crippen molar-refractivity contribution in [3.05, 3.63) is 70.5 Å². The Morgan fingerprint density at radius 3 is 2.40 bits per heavy atom. The van der Waals surface area contributed by atoms with Crippen molar-refractivity contribution in [2.45, 2.75) is 26.7 Å². The van der Waals surface area contributed by atoms with E-state index >= 15 is 0 Å². The van der Waals surface area contributed by atoms with E-state index in [1.807, 2.05) is 12.1 Å². The molecule has 2 heteroatoms. The van der Waals surface area contributed by atoms with Crippen molar-refractivity contribution in [2.24, 2.45) is 11.7 Å². The van der Waals surface area contributed by atoms with Crippen LogP contribution in [0.25, 0.3) is 0 Å². The summed E-state index contributed by atoms with van der Waals surface area (Å²) >= 11 is 0. The van der Waals surface area contributed by atoms with Gasteiger partial charge in [-0.05, 0) is 67.5 Å². The Morgan fingerprint density at radius 1 is 1.00 bits per heavy atom. The molecule has 0 fully saturated rings. The van der Waals surface area contributed by atoms with Crippen LogP contribution >= 0.6 is 0 Å². The minimum atomic E-state index is -0.133. The molecule has 0 heterocycles. The van der Waals surface area contributed by atoms with Gasteiger partial charge in [0.1, 0.15) is 5.82 Å². The third-order valence-corrected chi connectivity index (χ3v) is 3.90. The second-order valence-electron chi connectivity index (χ2n) is 5.52. The second kappa shape index (κ2) is 6.67. The van der Waals surface area contributed by atoms with Crippen LogP contribution in [0.2, 0.25) is 0 Å². The largest absolute Gasteiger partial charge is 0.330 e. The Bertz CT molecular complexity index is 577. The van der Waals surface area contributed by atoms with Crippen LogP contribution in [0, 0.1) is 25.6 Å². The van der Waals surface area contributed by atoms with Crippen molar-refractivity contribution >= 4 is 0 Å². The molecule has 0 saturated heterocycles. The van der Waals surface area contributed by atoms with Crippen LogP contribution < -0.4 is 5.73 Å². The van der Waals surface area contributed by atoms with E-state index in [1.54, 1.807) is 6.07 Å². The molecule has 2 rings (SSSR count). The lowest BCUT2D eigenvalue weighted by Gasteiger charge is -2.16. The molecule has 106 valence electrons. The summed E-state index contributed by atoms with van der Waals surface area (Å²) in [6.07, 6.45) is 1.59. The summed E-state index contributed by atoms with van der Waals surface area (Å²) in [4.78, 5) is 0. The summed E-state index contributed by atoms with van der Waals surface area (Å²) < 4.78 is 13.7. The molecule has 0 spiro atoms. The van der Waals surface area contributed by atoms with Gasteiger partial charge in [-0.25, -0.2) is 4.39 Å². The standard InChI is InChI=1S/C18H22FN/c1-13-7-8-15(9-14(13)2)10-16(12-20)11-17-5-3-4-6-18(17)19/h3-9,16H,10-12,20H2,1-2H3. The van der Waals surface area contributed by atoms with Gasteiger partial charge in [-0.2, -0.15) is 0 Å². The summed E-state index contributed by atoms with van der Waals surface area (Å²) in [5, 5.41) is 0. The smallest absolute Gasteiger partial charge is 0.126 e. The maximum Gasteiger partial charge on any atom is 0.126 e. The molecule has 2 N–H and O–H groups in total. The van der Waals surface area contributed by atoms with Gasteiger partial charge in [0, 0.05) is 0 Å². The Kier molecular flexibility index (Phi) is 4.91. The predicted molar refractivity (Wildman–Crippen MR) is 82.3 cm³/mol. The third kappa shape index (κ3) is 3.67. The van der Waals surface area contributed by atoms with E-state index in [1.165, 1.54) is 22.8 Å². The molecule has 0 amide bonds. The zero-order valence-corrected chi connectivity index (χ0v) is 12.2. The first-order valence-electron chi connectivity index (χ1n) is 7.09. The minimum absolute atomic E-state index is 0.133. The molecular formula is C18H22FN. The summed E-state index contributed by atoms with van der Waals surface area (Å²) in [6.45, 7) is 4.80. The summed E-state index contributed by atoms with van der Waals surface area (Å²) in [7, 11) is 0. The van der Waals surface area contributed by atoms with E-state index in [4.69, 9.17) is 5.73 Å². The van der Waals surface area contributed by atoms with Crippen LogP contribution in [0.1, 0.15) is 22.3 Å². The Morgan fingerprint density at radius 2 is 1.75 bits per heavy atom. The zero-order valence-electron chi connectivity index (χ0n) is 12.2. The highest BCUT2D eigenvalue weighted by Gasteiger charge is 2.12. The molecule has 1 atom stereocenters. The van der Waals surface area contributed by atoms with Gasteiger partial charge in [0.2, 0.25) is 0 Å². The highest BCUT2D eigenvalue weighted by Crippen LogP contribution is 2.18. The van der Waals surface area contributed by atoms with E-state index in [0.717, 1.165) is 12.0 Å². The molecule has 0 aromatic heterocycles. The van der Waals surface area contributed by atoms with E-state index < -0.39 is 0 Å². The molecule has 0 aliphatic heterocycles. The molecule has 1 unspecified atom stereocenters. The van der Waals surface area contributed by atoms with Gasteiger partial charge in [0.25, 0.3) is 0 Å². The van der Waals surface area contributed by atoms with Crippen molar-refractivity contribution in [1.82, 2.24) is 0 Å². The summed E-state index contributed by atoms with van der Waals surface area (Å²) in [5.41, 5.74) is 10.5. The molecule has 0 aliphatic carbocycles. The van der Waals surface area contributed by atoms with E-state index in [-0.39, 0.29) is 11.7 Å². The van der Waals surface area contributed by atoms with Crippen LogP contribution in [0.3, 0.4) is 0 Å². The van der Waals surface area contributed by atoms with Gasteiger partial charge in [0.05, 0.1) is 0 Å². The molecule has 2 aromatic carbocycles. The molecule has 0 bridgehead atoms. The predicted octanol–water partition coefficient (Wildman–Crippen LogP) is 3.80. The lowest BCUT2D eigenvalue weighted by molar-refractivity contribution is 0.512. The average molecular weight is 271 g/mol. The van der Waals surface area contributed by atoms with E-state index in [0.29, 0.717) is 13.0 Å². The lowest BCUT2D eigenvalue weighted by Crippen LogP contribution is -2.20. The maximum atomic E-state index is 13.7. The number of halogens is 1. The molecule has 0 aliphatic rings. The van der Waals surface area contributed by atoms with Gasteiger partial charge < -0.3 is 5.73 Å². The topological polar surface area (TPSA) is 26.0 Å². The zero-order chi connectivity index (χ0) is 14.5. The van der Waals surface area contributed by atoms with Crippen molar-refractivity contribution in [3.8, 4) is 0 Å². The lowest BCUT2D eigenvalue weighted by atomic mass is 9.91. The van der Waals surface area contributed by atoms with Crippen LogP contribution in [0.5, 0.6) is 0 Å². The number of rotatable bonds is 5. The quantitative estimate of drug-likeness (QED) is 0.879. The van der Waals surface area contributed by atoms with Crippen LogP contribution in [0.4, 0.5) is 4.39 Å². The van der Waals surface area contributed by atoms with Crippen molar-refractivity contribution < 1.29 is 4.39 Å². The molecule has 0 saturated carbocycles. The first-order chi connectivity index (χ1) is 9.60. The van der Waals surface area contributed by atoms with Gasteiger partial charge in [-0.1, -0.05) is 36.4 Å². The fourth-order valence-electron chi connectivity index (χ4n) is 2.48. The fraction of sp³-hybridized carbons (Fsp3) is 0.333. The highest BCUT2D eigenvalue weighted by molar-refractivity contribution is 5.30. The maximum absolute atomic E-state index is 13.7. The number of hydrogen-bond donors (Lipinski definition) is 1. The third-order valence-electron chi connectivity index (χ3n) is 3.90. The second-order valence-corrected chi connectivity index (χ2v) is 5.52. The molecule has 1 nitrogen and oxygen atoms in total. The molecule has 0 radical (unpaired) electrons. The fourth-order valence-corrected chi connectivity index (χ4v) is 2.48. The molecule has 20 heavy (non-hydrogen) atoms. The first-order valence-corrected chi connectivity index (χ1v) is 7.09. The Balaban J connectivity index is 2.09. The van der Waals surface area contributed by atoms with Crippen molar-refractivity contribution in [1.29, 1.82) is 0 Å². The summed E-state index contributed by atoms with van der Waals surface area (Å²) in [6, 6.07) is 13.5. The normalized spacial score (nSPS) is 12.4. The van der Waals surface area contributed by atoms with Gasteiger partial charge in [-0.15, -0.1) is 0 Å². The summed E-state index contributed by atoms with van der Waals surface area (Å²) in [5.74, 6) is 0.139. The minimum Gasteiger partial charge on any atom is -0.330 e. The van der Waals surface area contributed by atoms with Crippen LogP contribution in [0.15, 0.2) is 42.5 Å². The van der Waals surface area contributed by atoms with Crippen molar-refractivity contribution in [3.63, 3.8) is 0 Å². The van der Waals surface area contributed by atoms with Gasteiger partial charge in [-0.3, -0.25) is 0 Å². The molecule has 2 aromatic rings. The van der Waals surface area contributed by atoms with Crippen LogP contribution in [-0.4, -0.2) is 6.54 Å². The van der Waals surface area contributed by atoms with Crippen LogP contribution in [-0.2, 0) is 12.8 Å². The highest BCUT2D eigenvalue weighted by atomic mass is 19.1. The average Bonchev–Trinajstić information content (AvgIpc) is 2.44. The van der Waals surface area contributed by atoms with Gasteiger partial charge >= 0.3 is 0 Å². The SMILES string of the molecule is Cc1ccc(CC(CN)Cc2ccccc2F)cc1C. The number of hydrogen-bond acceptors (Lipinski definition) is 1. The molecular weight excluding hydrogens is 249 g/mol. The number of nitrogens with two attached hydrogens (primary N) is 1.